The van der Waals surface area contributed by atoms with Gasteiger partial charge in [-0.05, 0) is 50.9 Å². The van der Waals surface area contributed by atoms with Gasteiger partial charge in [0.15, 0.2) is 0 Å². The fourth-order valence-electron chi connectivity index (χ4n) is 2.18. The normalized spacial score (nSPS) is 19.1. The molecule has 1 saturated carbocycles. The molecule has 0 radical (unpaired) electrons. The van der Waals surface area contributed by atoms with Crippen LogP contribution < -0.4 is 10.0 Å². The Labute approximate surface area is 115 Å². The molecule has 2 rings (SSSR count). The van der Waals surface area contributed by atoms with Gasteiger partial charge in [-0.3, -0.25) is 0 Å². The Morgan fingerprint density at radius 3 is 2.58 bits per heavy atom. The Bertz CT molecular complexity index is 546. The van der Waals surface area contributed by atoms with Gasteiger partial charge in [-0.2, -0.15) is 0 Å². The van der Waals surface area contributed by atoms with E-state index in [9.17, 15) is 8.42 Å². The number of nitrogens with one attached hydrogen (secondary N) is 2. The van der Waals surface area contributed by atoms with Crippen molar-refractivity contribution in [3.05, 3.63) is 29.8 Å². The molecule has 0 saturated heterocycles. The molecule has 1 aromatic rings. The number of hydrogen-bond donors (Lipinski definition) is 2. The summed E-state index contributed by atoms with van der Waals surface area (Å²) >= 11 is 0. The molecule has 1 atom stereocenters. The van der Waals surface area contributed by atoms with E-state index in [1.165, 1.54) is 0 Å². The van der Waals surface area contributed by atoms with Crippen molar-refractivity contribution >= 4 is 10.0 Å². The monoisotopic (exact) mass is 282 g/mol. The standard InChI is InChI=1S/C14H22N2O2S/c1-4-13(15-3)11-6-5-7-12(10-11)19(17,18)16-14(2)8-9-14/h5-7,10,13,15-16H,4,8-9H2,1-3H3. The molecular weight excluding hydrogens is 260 g/mol. The number of rotatable bonds is 6. The van der Waals surface area contributed by atoms with Crippen LogP contribution in [0.2, 0.25) is 0 Å². The Morgan fingerprint density at radius 2 is 2.05 bits per heavy atom. The molecule has 0 spiro atoms. The van der Waals surface area contributed by atoms with Gasteiger partial charge in [-0.25, -0.2) is 13.1 Å². The third kappa shape index (κ3) is 3.35. The number of hydrogen-bond acceptors (Lipinski definition) is 3. The van der Waals surface area contributed by atoms with Crippen LogP contribution in [0.5, 0.6) is 0 Å². The van der Waals surface area contributed by atoms with Crippen molar-refractivity contribution in [1.29, 1.82) is 0 Å². The van der Waals surface area contributed by atoms with E-state index in [0.717, 1.165) is 24.8 Å². The zero-order valence-electron chi connectivity index (χ0n) is 11.7. The minimum atomic E-state index is -3.41. The van der Waals surface area contributed by atoms with Crippen LogP contribution >= 0.6 is 0 Å². The van der Waals surface area contributed by atoms with Crippen molar-refractivity contribution in [2.45, 2.75) is 49.6 Å². The lowest BCUT2D eigenvalue weighted by molar-refractivity contribution is 0.555. The summed E-state index contributed by atoms with van der Waals surface area (Å²) in [7, 11) is -1.52. The average molecular weight is 282 g/mol. The SMILES string of the molecule is CCC(NC)c1cccc(S(=O)(=O)NC2(C)CC2)c1. The first-order chi connectivity index (χ1) is 8.90. The lowest BCUT2D eigenvalue weighted by Crippen LogP contribution is -2.34. The highest BCUT2D eigenvalue weighted by Gasteiger charge is 2.41. The smallest absolute Gasteiger partial charge is 0.241 e. The quantitative estimate of drug-likeness (QED) is 0.841. The maximum atomic E-state index is 12.3. The van der Waals surface area contributed by atoms with Crippen LogP contribution in [0.15, 0.2) is 29.2 Å². The maximum absolute atomic E-state index is 12.3. The van der Waals surface area contributed by atoms with Gasteiger partial charge in [0.05, 0.1) is 4.90 Å². The third-order valence-electron chi connectivity index (χ3n) is 3.71. The van der Waals surface area contributed by atoms with E-state index in [4.69, 9.17) is 0 Å². The molecular formula is C14H22N2O2S. The van der Waals surface area contributed by atoms with Crippen LogP contribution in [0.3, 0.4) is 0 Å². The van der Waals surface area contributed by atoms with E-state index in [0.29, 0.717) is 4.90 Å². The van der Waals surface area contributed by atoms with Crippen molar-refractivity contribution < 1.29 is 8.42 Å². The van der Waals surface area contributed by atoms with Crippen molar-refractivity contribution in [3.63, 3.8) is 0 Å². The zero-order valence-corrected chi connectivity index (χ0v) is 12.5. The summed E-state index contributed by atoms with van der Waals surface area (Å²) in [6, 6.07) is 7.37. The van der Waals surface area contributed by atoms with Crippen molar-refractivity contribution in [3.8, 4) is 0 Å². The summed E-state index contributed by atoms with van der Waals surface area (Å²) in [5.74, 6) is 0. The van der Waals surface area contributed by atoms with Crippen molar-refractivity contribution in [1.82, 2.24) is 10.0 Å². The van der Waals surface area contributed by atoms with Gasteiger partial charge < -0.3 is 5.32 Å². The molecule has 106 valence electrons. The summed E-state index contributed by atoms with van der Waals surface area (Å²) in [4.78, 5) is 0.354. The summed E-state index contributed by atoms with van der Waals surface area (Å²) in [5, 5.41) is 3.19. The summed E-state index contributed by atoms with van der Waals surface area (Å²) < 4.78 is 27.4. The molecule has 1 aromatic carbocycles. The lowest BCUT2D eigenvalue weighted by atomic mass is 10.1. The van der Waals surface area contributed by atoms with E-state index in [1.807, 2.05) is 20.0 Å². The molecule has 0 aromatic heterocycles. The molecule has 19 heavy (non-hydrogen) atoms. The van der Waals surface area contributed by atoms with E-state index >= 15 is 0 Å². The molecule has 1 aliphatic carbocycles. The topological polar surface area (TPSA) is 58.2 Å². The molecule has 5 heteroatoms. The predicted octanol–water partition coefficient (Wildman–Crippen LogP) is 2.19. The fourth-order valence-corrected chi connectivity index (χ4v) is 3.70. The van der Waals surface area contributed by atoms with Crippen LogP contribution in [0.25, 0.3) is 0 Å². The summed E-state index contributed by atoms with van der Waals surface area (Å²) in [6.45, 7) is 4.02. The van der Waals surface area contributed by atoms with Gasteiger partial charge in [0.2, 0.25) is 10.0 Å². The largest absolute Gasteiger partial charge is 0.313 e. The first-order valence-electron chi connectivity index (χ1n) is 6.71. The maximum Gasteiger partial charge on any atom is 0.241 e. The van der Waals surface area contributed by atoms with Gasteiger partial charge in [-0.15, -0.1) is 0 Å². The second kappa shape index (κ2) is 5.23. The zero-order chi connectivity index (χ0) is 14.1. The molecule has 1 aliphatic rings. The van der Waals surface area contributed by atoms with Gasteiger partial charge in [0.1, 0.15) is 0 Å². The van der Waals surface area contributed by atoms with Crippen LogP contribution in [-0.4, -0.2) is 21.0 Å². The number of sulfonamides is 1. The Morgan fingerprint density at radius 1 is 1.37 bits per heavy atom. The van der Waals surface area contributed by atoms with Gasteiger partial charge >= 0.3 is 0 Å². The van der Waals surface area contributed by atoms with E-state index in [-0.39, 0.29) is 11.6 Å². The molecule has 0 bridgehead atoms. The van der Waals surface area contributed by atoms with E-state index < -0.39 is 10.0 Å². The van der Waals surface area contributed by atoms with E-state index in [1.54, 1.807) is 18.2 Å². The minimum absolute atomic E-state index is 0.187. The molecule has 4 nitrogen and oxygen atoms in total. The van der Waals surface area contributed by atoms with Crippen molar-refractivity contribution in [2.24, 2.45) is 0 Å². The molecule has 1 fully saturated rings. The fraction of sp³-hybridized carbons (Fsp3) is 0.571. The van der Waals surface area contributed by atoms with E-state index in [2.05, 4.69) is 17.0 Å². The van der Waals surface area contributed by atoms with Crippen molar-refractivity contribution in [2.75, 3.05) is 7.05 Å². The molecule has 0 heterocycles. The Hall–Kier alpha value is -0.910. The van der Waals surface area contributed by atoms with Crippen LogP contribution in [0.1, 0.15) is 44.7 Å². The summed E-state index contributed by atoms with van der Waals surface area (Å²) in [6.07, 6.45) is 2.76. The van der Waals surface area contributed by atoms with Gasteiger partial charge in [-0.1, -0.05) is 19.1 Å². The first kappa shape index (κ1) is 14.5. The predicted molar refractivity (Wildman–Crippen MR) is 76.5 cm³/mol. The summed E-state index contributed by atoms with van der Waals surface area (Å²) in [5.41, 5.74) is 0.774. The number of benzene rings is 1. The highest BCUT2D eigenvalue weighted by molar-refractivity contribution is 7.89. The second-order valence-corrected chi connectivity index (χ2v) is 7.17. The van der Waals surface area contributed by atoms with Crippen LogP contribution in [0.4, 0.5) is 0 Å². The molecule has 0 amide bonds. The van der Waals surface area contributed by atoms with Gasteiger partial charge in [0, 0.05) is 11.6 Å². The van der Waals surface area contributed by atoms with Gasteiger partial charge in [0.25, 0.3) is 0 Å². The molecule has 1 unspecified atom stereocenters. The van der Waals surface area contributed by atoms with Crippen LogP contribution in [-0.2, 0) is 10.0 Å². The molecule has 2 N–H and O–H groups in total. The lowest BCUT2D eigenvalue weighted by Gasteiger charge is -2.17. The second-order valence-electron chi connectivity index (χ2n) is 5.49. The average Bonchev–Trinajstić information content (AvgIpc) is 3.08. The Balaban J connectivity index is 2.27. The highest BCUT2D eigenvalue weighted by Crippen LogP contribution is 2.36. The minimum Gasteiger partial charge on any atom is -0.313 e. The van der Waals surface area contributed by atoms with Crippen LogP contribution in [0, 0.1) is 0 Å². The highest BCUT2D eigenvalue weighted by atomic mass is 32.2. The molecule has 0 aliphatic heterocycles. The third-order valence-corrected chi connectivity index (χ3v) is 5.34. The Kier molecular flexibility index (Phi) is 3.99. The first-order valence-corrected chi connectivity index (χ1v) is 8.20.